The Hall–Kier alpha value is -2.82. The van der Waals surface area contributed by atoms with E-state index in [1.807, 2.05) is 0 Å². The highest BCUT2D eigenvalue weighted by molar-refractivity contribution is 5.88. The largest absolute Gasteiger partial charge is 0.493 e. The Bertz CT molecular complexity index is 678. The lowest BCUT2D eigenvalue weighted by molar-refractivity contribution is -0.128. The van der Waals surface area contributed by atoms with E-state index < -0.39 is 5.97 Å². The second-order valence-corrected chi connectivity index (χ2v) is 4.32. The van der Waals surface area contributed by atoms with Gasteiger partial charge < -0.3 is 14.2 Å². The van der Waals surface area contributed by atoms with Crippen LogP contribution in [0, 0.1) is 5.82 Å². The average molecular weight is 302 g/mol. The van der Waals surface area contributed by atoms with Gasteiger partial charge in [0, 0.05) is 6.08 Å². The first-order valence-electron chi connectivity index (χ1n) is 6.50. The highest BCUT2D eigenvalue weighted by atomic mass is 19.1. The molecule has 0 saturated carbocycles. The minimum atomic E-state index is -0.554. The Balaban J connectivity index is 2.04. The van der Waals surface area contributed by atoms with Crippen LogP contribution in [0.4, 0.5) is 4.39 Å². The van der Waals surface area contributed by atoms with Crippen LogP contribution in [-0.2, 0) is 4.79 Å². The predicted molar refractivity (Wildman–Crippen MR) is 80.6 cm³/mol. The molecule has 0 unspecified atom stereocenters. The summed E-state index contributed by atoms with van der Waals surface area (Å²) in [5.74, 6) is 0.510. The fraction of sp³-hybridized carbons (Fsp3) is 0.118. The molecule has 0 spiro atoms. The van der Waals surface area contributed by atoms with Crippen LogP contribution >= 0.6 is 0 Å². The Morgan fingerprint density at radius 3 is 2.32 bits per heavy atom. The summed E-state index contributed by atoms with van der Waals surface area (Å²) in [7, 11) is 3.08. The number of carbonyl (C=O) groups is 1. The van der Waals surface area contributed by atoms with E-state index >= 15 is 0 Å². The maximum absolute atomic E-state index is 12.8. The summed E-state index contributed by atoms with van der Waals surface area (Å²) in [4.78, 5) is 11.7. The number of halogens is 1. The van der Waals surface area contributed by atoms with E-state index in [2.05, 4.69) is 0 Å². The molecule has 0 atom stereocenters. The highest BCUT2D eigenvalue weighted by Gasteiger charge is 2.04. The summed E-state index contributed by atoms with van der Waals surface area (Å²) in [6, 6.07) is 10.5. The molecule has 0 N–H and O–H groups in total. The van der Waals surface area contributed by atoms with E-state index in [1.165, 1.54) is 37.5 Å². The van der Waals surface area contributed by atoms with Gasteiger partial charge in [-0.2, -0.15) is 0 Å². The molecular formula is C17H15FO4. The van der Waals surface area contributed by atoms with Gasteiger partial charge in [0.2, 0.25) is 0 Å². The van der Waals surface area contributed by atoms with Crippen LogP contribution in [0.25, 0.3) is 6.08 Å². The molecule has 2 aromatic rings. The van der Waals surface area contributed by atoms with Crippen LogP contribution in [0.1, 0.15) is 5.56 Å². The van der Waals surface area contributed by atoms with Crippen molar-refractivity contribution in [3.8, 4) is 17.2 Å². The number of ether oxygens (including phenoxy) is 3. The Kier molecular flexibility index (Phi) is 5.14. The molecule has 0 aliphatic heterocycles. The van der Waals surface area contributed by atoms with Crippen molar-refractivity contribution in [1.29, 1.82) is 0 Å². The zero-order valence-electron chi connectivity index (χ0n) is 12.2. The second-order valence-electron chi connectivity index (χ2n) is 4.32. The third-order valence-corrected chi connectivity index (χ3v) is 2.85. The SMILES string of the molecule is COc1ccc(/C=C/C(=O)Oc2ccc(F)cc2)cc1OC. The second kappa shape index (κ2) is 7.26. The lowest BCUT2D eigenvalue weighted by atomic mass is 10.2. The molecule has 0 saturated heterocycles. The van der Waals surface area contributed by atoms with Crippen LogP contribution in [-0.4, -0.2) is 20.2 Å². The van der Waals surface area contributed by atoms with Gasteiger partial charge in [-0.25, -0.2) is 9.18 Å². The van der Waals surface area contributed by atoms with E-state index in [1.54, 1.807) is 31.4 Å². The molecule has 22 heavy (non-hydrogen) atoms. The molecule has 0 aliphatic rings. The number of carbonyl (C=O) groups excluding carboxylic acids is 1. The summed E-state index contributed by atoms with van der Waals surface area (Å²) in [6.45, 7) is 0. The van der Waals surface area contributed by atoms with Crippen LogP contribution in [0.5, 0.6) is 17.2 Å². The quantitative estimate of drug-likeness (QED) is 0.482. The molecule has 0 radical (unpaired) electrons. The number of rotatable bonds is 5. The lowest BCUT2D eigenvalue weighted by Gasteiger charge is -2.07. The van der Waals surface area contributed by atoms with Gasteiger partial charge in [-0.05, 0) is 48.0 Å². The Morgan fingerprint density at radius 1 is 1.00 bits per heavy atom. The van der Waals surface area contributed by atoms with Gasteiger partial charge in [-0.15, -0.1) is 0 Å². The molecule has 114 valence electrons. The number of hydrogen-bond donors (Lipinski definition) is 0. The summed E-state index contributed by atoms with van der Waals surface area (Å²) < 4.78 is 28.1. The van der Waals surface area contributed by atoms with E-state index in [-0.39, 0.29) is 11.6 Å². The molecule has 0 amide bonds. The fourth-order valence-electron chi connectivity index (χ4n) is 1.77. The molecule has 0 fully saturated rings. The number of benzene rings is 2. The number of hydrogen-bond acceptors (Lipinski definition) is 4. The minimum Gasteiger partial charge on any atom is -0.493 e. The van der Waals surface area contributed by atoms with Gasteiger partial charge >= 0.3 is 5.97 Å². The van der Waals surface area contributed by atoms with Gasteiger partial charge in [-0.3, -0.25) is 0 Å². The van der Waals surface area contributed by atoms with E-state index in [0.717, 1.165) is 5.56 Å². The fourth-order valence-corrected chi connectivity index (χ4v) is 1.77. The zero-order valence-corrected chi connectivity index (χ0v) is 12.2. The molecule has 0 heterocycles. The third kappa shape index (κ3) is 4.09. The summed E-state index contributed by atoms with van der Waals surface area (Å²) in [5.41, 5.74) is 0.758. The molecule has 0 aromatic heterocycles. The molecule has 0 aliphatic carbocycles. The van der Waals surface area contributed by atoms with Crippen molar-refractivity contribution in [1.82, 2.24) is 0 Å². The van der Waals surface area contributed by atoms with Crippen LogP contribution in [0.15, 0.2) is 48.5 Å². The zero-order chi connectivity index (χ0) is 15.9. The first-order valence-corrected chi connectivity index (χ1v) is 6.50. The Morgan fingerprint density at radius 2 is 1.68 bits per heavy atom. The molecule has 4 nitrogen and oxygen atoms in total. The van der Waals surface area contributed by atoms with Crippen molar-refractivity contribution in [2.75, 3.05) is 14.2 Å². The van der Waals surface area contributed by atoms with Gasteiger partial charge in [0.05, 0.1) is 14.2 Å². The van der Waals surface area contributed by atoms with Crippen LogP contribution < -0.4 is 14.2 Å². The smallest absolute Gasteiger partial charge is 0.336 e. The first kappa shape index (κ1) is 15.6. The first-order chi connectivity index (χ1) is 10.6. The van der Waals surface area contributed by atoms with Crippen LogP contribution in [0.2, 0.25) is 0 Å². The standard InChI is InChI=1S/C17H15FO4/c1-20-15-9-3-12(11-16(15)21-2)4-10-17(19)22-14-7-5-13(18)6-8-14/h3-11H,1-2H3/b10-4+. The van der Waals surface area contributed by atoms with Crippen molar-refractivity contribution in [2.45, 2.75) is 0 Å². The normalized spacial score (nSPS) is 10.5. The van der Waals surface area contributed by atoms with E-state index in [9.17, 15) is 9.18 Å². The molecule has 2 aromatic carbocycles. The average Bonchev–Trinajstić information content (AvgIpc) is 2.54. The van der Waals surface area contributed by atoms with Gasteiger partial charge in [0.15, 0.2) is 11.5 Å². The van der Waals surface area contributed by atoms with Crippen molar-refractivity contribution in [2.24, 2.45) is 0 Å². The van der Waals surface area contributed by atoms with Crippen molar-refractivity contribution in [3.05, 3.63) is 59.9 Å². The molecule has 0 bridgehead atoms. The minimum absolute atomic E-state index is 0.281. The summed E-state index contributed by atoms with van der Waals surface area (Å²) in [5, 5.41) is 0. The van der Waals surface area contributed by atoms with Crippen LogP contribution in [0.3, 0.4) is 0 Å². The van der Waals surface area contributed by atoms with Crippen molar-refractivity contribution in [3.63, 3.8) is 0 Å². The van der Waals surface area contributed by atoms with Gasteiger partial charge in [0.25, 0.3) is 0 Å². The topological polar surface area (TPSA) is 44.8 Å². The van der Waals surface area contributed by atoms with Gasteiger partial charge in [-0.1, -0.05) is 6.07 Å². The summed E-state index contributed by atoms with van der Waals surface area (Å²) in [6.07, 6.45) is 2.87. The monoisotopic (exact) mass is 302 g/mol. The molecule has 5 heteroatoms. The van der Waals surface area contributed by atoms with Gasteiger partial charge in [0.1, 0.15) is 11.6 Å². The van der Waals surface area contributed by atoms with E-state index in [4.69, 9.17) is 14.2 Å². The maximum atomic E-state index is 12.8. The highest BCUT2D eigenvalue weighted by Crippen LogP contribution is 2.27. The van der Waals surface area contributed by atoms with Crippen molar-refractivity contribution < 1.29 is 23.4 Å². The third-order valence-electron chi connectivity index (χ3n) is 2.85. The predicted octanol–water partition coefficient (Wildman–Crippen LogP) is 3.46. The maximum Gasteiger partial charge on any atom is 0.336 e. The lowest BCUT2D eigenvalue weighted by Crippen LogP contribution is -2.03. The number of esters is 1. The van der Waals surface area contributed by atoms with Crippen molar-refractivity contribution >= 4 is 12.0 Å². The number of methoxy groups -OCH3 is 2. The molecular weight excluding hydrogens is 287 g/mol. The molecule has 2 rings (SSSR count). The Labute approximate surface area is 127 Å². The van der Waals surface area contributed by atoms with E-state index in [0.29, 0.717) is 11.5 Å². The summed E-state index contributed by atoms with van der Waals surface area (Å²) >= 11 is 0.